The van der Waals surface area contributed by atoms with Crippen LogP contribution in [0.1, 0.15) is 18.5 Å². The maximum atomic E-state index is 12.1. The van der Waals surface area contributed by atoms with Crippen molar-refractivity contribution in [1.82, 2.24) is 14.8 Å². The van der Waals surface area contributed by atoms with Crippen LogP contribution in [0, 0.1) is 0 Å². The van der Waals surface area contributed by atoms with Crippen LogP contribution in [0.5, 0.6) is 0 Å². The summed E-state index contributed by atoms with van der Waals surface area (Å²) >= 11 is 5.91. The molecule has 4 nitrogen and oxygen atoms in total. The summed E-state index contributed by atoms with van der Waals surface area (Å²) in [5.74, 6) is 0.605. The highest BCUT2D eigenvalue weighted by molar-refractivity contribution is 6.30. The van der Waals surface area contributed by atoms with Crippen LogP contribution in [0.2, 0.25) is 5.02 Å². The van der Waals surface area contributed by atoms with E-state index >= 15 is 0 Å². The van der Waals surface area contributed by atoms with E-state index < -0.39 is 0 Å². The third-order valence-corrected chi connectivity index (χ3v) is 3.73. The minimum absolute atomic E-state index is 0.108. The molecule has 1 aromatic heterocycles. The van der Waals surface area contributed by atoms with Gasteiger partial charge in [-0.3, -0.25) is 4.57 Å². The summed E-state index contributed by atoms with van der Waals surface area (Å²) in [6.45, 7) is 1.98. The van der Waals surface area contributed by atoms with Crippen LogP contribution in [0.4, 0.5) is 0 Å². The normalized spacial score (nSPS) is 12.3. The number of H-pyrrole nitrogens is 1. The number of nitrogens with zero attached hydrogens (tertiary/aromatic N) is 2. The van der Waals surface area contributed by atoms with Crippen LogP contribution < -0.4 is 5.69 Å². The number of hydrogen-bond donors (Lipinski definition) is 1. The summed E-state index contributed by atoms with van der Waals surface area (Å²) < 4.78 is 1.65. The maximum Gasteiger partial charge on any atom is 0.344 e. The zero-order valence-corrected chi connectivity index (χ0v) is 12.2. The van der Waals surface area contributed by atoms with Crippen LogP contribution in [0.3, 0.4) is 0 Å². The second-order valence-corrected chi connectivity index (χ2v) is 5.25. The van der Waals surface area contributed by atoms with Gasteiger partial charge in [0, 0.05) is 10.6 Å². The standard InChI is InChI=1S/C16H14ClN3O/c1-11(12-5-3-2-4-6-12)20-15(18-19-16(20)21)13-7-9-14(17)10-8-13/h2-11H,1H3,(H,19,21)/t11-/m0/s1. The van der Waals surface area contributed by atoms with Crippen molar-refractivity contribution in [1.29, 1.82) is 0 Å². The van der Waals surface area contributed by atoms with E-state index in [1.165, 1.54) is 0 Å². The molecule has 5 heteroatoms. The molecule has 0 bridgehead atoms. The summed E-state index contributed by atoms with van der Waals surface area (Å²) in [5, 5.41) is 7.32. The largest absolute Gasteiger partial charge is 0.344 e. The Morgan fingerprint density at radius 3 is 2.43 bits per heavy atom. The maximum absolute atomic E-state index is 12.1. The zero-order valence-electron chi connectivity index (χ0n) is 11.5. The Bertz CT molecular complexity index is 790. The van der Waals surface area contributed by atoms with Crippen molar-refractivity contribution in [3.8, 4) is 11.4 Å². The molecule has 21 heavy (non-hydrogen) atoms. The van der Waals surface area contributed by atoms with Gasteiger partial charge >= 0.3 is 5.69 Å². The van der Waals surface area contributed by atoms with Crippen molar-refractivity contribution in [2.24, 2.45) is 0 Å². The lowest BCUT2D eigenvalue weighted by Crippen LogP contribution is -2.22. The van der Waals surface area contributed by atoms with E-state index in [9.17, 15) is 4.79 Å². The fourth-order valence-electron chi connectivity index (χ4n) is 2.35. The predicted octanol–water partition coefficient (Wildman–Crippen LogP) is 3.50. The lowest BCUT2D eigenvalue weighted by atomic mass is 10.1. The Morgan fingerprint density at radius 1 is 1.10 bits per heavy atom. The molecule has 0 aliphatic carbocycles. The lowest BCUT2D eigenvalue weighted by molar-refractivity contribution is 0.622. The lowest BCUT2D eigenvalue weighted by Gasteiger charge is -2.15. The van der Waals surface area contributed by atoms with Crippen molar-refractivity contribution in [2.75, 3.05) is 0 Å². The molecule has 2 aromatic carbocycles. The van der Waals surface area contributed by atoms with Gasteiger partial charge in [-0.25, -0.2) is 9.89 Å². The summed E-state index contributed by atoms with van der Waals surface area (Å²) in [5.41, 5.74) is 1.67. The molecule has 0 aliphatic rings. The Balaban J connectivity index is 2.09. The first-order valence-corrected chi connectivity index (χ1v) is 7.02. The summed E-state index contributed by atoms with van der Waals surface area (Å²) in [7, 11) is 0. The molecule has 3 aromatic rings. The molecule has 1 atom stereocenters. The van der Waals surface area contributed by atoms with E-state index in [-0.39, 0.29) is 11.7 Å². The fourth-order valence-corrected chi connectivity index (χ4v) is 2.47. The van der Waals surface area contributed by atoms with Gasteiger partial charge in [0.15, 0.2) is 5.82 Å². The van der Waals surface area contributed by atoms with Gasteiger partial charge in [0.25, 0.3) is 0 Å². The quantitative estimate of drug-likeness (QED) is 0.804. The molecule has 3 rings (SSSR count). The van der Waals surface area contributed by atoms with E-state index in [0.29, 0.717) is 10.8 Å². The van der Waals surface area contributed by atoms with E-state index in [1.807, 2.05) is 49.4 Å². The molecule has 1 heterocycles. The van der Waals surface area contributed by atoms with E-state index in [4.69, 9.17) is 11.6 Å². The van der Waals surface area contributed by atoms with Crippen molar-refractivity contribution in [2.45, 2.75) is 13.0 Å². The first kappa shape index (κ1) is 13.6. The highest BCUT2D eigenvalue weighted by Crippen LogP contribution is 2.24. The van der Waals surface area contributed by atoms with E-state index in [1.54, 1.807) is 16.7 Å². The van der Waals surface area contributed by atoms with Crippen molar-refractivity contribution >= 4 is 11.6 Å². The minimum atomic E-state index is -0.226. The van der Waals surface area contributed by atoms with Crippen LogP contribution >= 0.6 is 11.6 Å². The van der Waals surface area contributed by atoms with Gasteiger partial charge in [-0.15, -0.1) is 0 Å². The molecule has 0 saturated carbocycles. The van der Waals surface area contributed by atoms with Gasteiger partial charge in [0.1, 0.15) is 0 Å². The molecular weight excluding hydrogens is 286 g/mol. The third-order valence-electron chi connectivity index (χ3n) is 3.48. The average molecular weight is 300 g/mol. The van der Waals surface area contributed by atoms with Crippen molar-refractivity contribution < 1.29 is 0 Å². The van der Waals surface area contributed by atoms with Crippen LogP contribution in [0.25, 0.3) is 11.4 Å². The number of aromatic nitrogens is 3. The second-order valence-electron chi connectivity index (χ2n) is 4.82. The molecule has 0 aliphatic heterocycles. The molecule has 0 amide bonds. The number of hydrogen-bond acceptors (Lipinski definition) is 2. The second kappa shape index (κ2) is 5.58. The Hall–Kier alpha value is -2.33. The smallest absolute Gasteiger partial charge is 0.268 e. The molecule has 106 valence electrons. The fraction of sp³-hybridized carbons (Fsp3) is 0.125. The molecule has 0 saturated heterocycles. The first-order valence-electron chi connectivity index (χ1n) is 6.64. The zero-order chi connectivity index (χ0) is 14.8. The Labute approximate surface area is 127 Å². The van der Waals surface area contributed by atoms with Crippen LogP contribution in [-0.2, 0) is 0 Å². The Kier molecular flexibility index (Phi) is 3.62. The molecule has 0 spiro atoms. The summed E-state index contributed by atoms with van der Waals surface area (Å²) in [4.78, 5) is 12.1. The molecule has 0 unspecified atom stereocenters. The highest BCUT2D eigenvalue weighted by Gasteiger charge is 2.17. The third kappa shape index (κ3) is 2.62. The monoisotopic (exact) mass is 299 g/mol. The molecule has 0 radical (unpaired) electrons. The average Bonchev–Trinajstić information content (AvgIpc) is 2.90. The van der Waals surface area contributed by atoms with Crippen LogP contribution in [0.15, 0.2) is 59.4 Å². The predicted molar refractivity (Wildman–Crippen MR) is 83.5 cm³/mol. The summed E-state index contributed by atoms with van der Waals surface area (Å²) in [6, 6.07) is 17.0. The first-order chi connectivity index (χ1) is 10.2. The highest BCUT2D eigenvalue weighted by atomic mass is 35.5. The van der Waals surface area contributed by atoms with Gasteiger partial charge in [0.05, 0.1) is 6.04 Å². The number of aromatic amines is 1. The van der Waals surface area contributed by atoms with E-state index in [2.05, 4.69) is 10.2 Å². The minimum Gasteiger partial charge on any atom is -0.268 e. The number of nitrogens with one attached hydrogen (secondary N) is 1. The number of rotatable bonds is 3. The number of benzene rings is 2. The van der Waals surface area contributed by atoms with Gasteiger partial charge in [0.2, 0.25) is 0 Å². The van der Waals surface area contributed by atoms with Gasteiger partial charge < -0.3 is 0 Å². The van der Waals surface area contributed by atoms with Gasteiger partial charge in [-0.05, 0) is 36.8 Å². The Morgan fingerprint density at radius 2 is 1.76 bits per heavy atom. The molecular formula is C16H14ClN3O. The van der Waals surface area contributed by atoms with Crippen LogP contribution in [-0.4, -0.2) is 14.8 Å². The molecule has 0 fully saturated rings. The molecule has 1 N–H and O–H groups in total. The van der Waals surface area contributed by atoms with Gasteiger partial charge in [-0.2, -0.15) is 5.10 Å². The van der Waals surface area contributed by atoms with Gasteiger partial charge in [-0.1, -0.05) is 41.9 Å². The number of halogens is 1. The van der Waals surface area contributed by atoms with E-state index in [0.717, 1.165) is 11.1 Å². The SMILES string of the molecule is C[C@@H](c1ccccc1)n1c(-c2ccc(Cl)cc2)n[nH]c1=O. The van der Waals surface area contributed by atoms with Crippen molar-refractivity contribution in [3.63, 3.8) is 0 Å². The van der Waals surface area contributed by atoms with Crippen molar-refractivity contribution in [3.05, 3.63) is 75.7 Å². The summed E-state index contributed by atoms with van der Waals surface area (Å²) in [6.07, 6.45) is 0. The topological polar surface area (TPSA) is 50.7 Å².